The van der Waals surface area contributed by atoms with Gasteiger partial charge < -0.3 is 4.90 Å². The van der Waals surface area contributed by atoms with E-state index in [2.05, 4.69) is 10.3 Å². The topological polar surface area (TPSA) is 62.3 Å². The number of carbonyl (C=O) groups is 2. The van der Waals surface area contributed by atoms with Gasteiger partial charge in [0.15, 0.2) is 10.9 Å². The molecule has 0 fully saturated rings. The van der Waals surface area contributed by atoms with Crippen molar-refractivity contribution in [2.45, 2.75) is 6.92 Å². The Morgan fingerprint density at radius 2 is 2.19 bits per heavy atom. The van der Waals surface area contributed by atoms with Gasteiger partial charge in [0.2, 0.25) is 0 Å². The van der Waals surface area contributed by atoms with Gasteiger partial charge in [-0.2, -0.15) is 0 Å². The lowest BCUT2D eigenvalue weighted by Crippen LogP contribution is -2.21. The van der Waals surface area contributed by atoms with Crippen LogP contribution >= 0.6 is 11.3 Å². The maximum absolute atomic E-state index is 11.7. The smallest absolute Gasteiger partial charge is 0.262 e. The van der Waals surface area contributed by atoms with Crippen molar-refractivity contribution < 1.29 is 9.59 Å². The van der Waals surface area contributed by atoms with Gasteiger partial charge >= 0.3 is 0 Å². The maximum Gasteiger partial charge on any atom is 0.262 e. The Hall–Kier alpha value is -1.69. The summed E-state index contributed by atoms with van der Waals surface area (Å²) in [6, 6.07) is 0. The Kier molecular flexibility index (Phi) is 4.19. The highest BCUT2D eigenvalue weighted by molar-refractivity contribution is 7.13. The van der Waals surface area contributed by atoms with E-state index >= 15 is 0 Å². The average molecular weight is 239 g/mol. The maximum atomic E-state index is 11.7. The molecule has 1 N–H and O–H groups in total. The molecule has 1 heterocycles. The molecular weight excluding hydrogens is 226 g/mol. The second-order valence-corrected chi connectivity index (χ2v) is 4.25. The molecule has 0 aromatic carbocycles. The number of hydrogen-bond acceptors (Lipinski definition) is 5. The van der Waals surface area contributed by atoms with Gasteiger partial charge in [0.05, 0.1) is 5.57 Å². The van der Waals surface area contributed by atoms with Crippen molar-refractivity contribution in [1.29, 1.82) is 0 Å². The van der Waals surface area contributed by atoms with Crippen LogP contribution in [0.3, 0.4) is 0 Å². The van der Waals surface area contributed by atoms with Crippen molar-refractivity contribution in [1.82, 2.24) is 9.88 Å². The molecule has 0 atom stereocenters. The first-order chi connectivity index (χ1) is 7.50. The molecule has 0 bridgehead atoms. The van der Waals surface area contributed by atoms with E-state index in [-0.39, 0.29) is 11.4 Å². The quantitative estimate of drug-likeness (QED) is 0.486. The van der Waals surface area contributed by atoms with Crippen LogP contribution in [0.25, 0.3) is 0 Å². The Bertz CT molecular complexity index is 410. The molecule has 16 heavy (non-hydrogen) atoms. The number of thiazole rings is 1. The third-order valence-electron chi connectivity index (χ3n) is 1.66. The van der Waals surface area contributed by atoms with Gasteiger partial charge in [0.25, 0.3) is 5.91 Å². The molecule has 1 aromatic heterocycles. The molecule has 5 nitrogen and oxygen atoms in total. The van der Waals surface area contributed by atoms with E-state index in [4.69, 9.17) is 0 Å². The molecule has 0 radical (unpaired) electrons. The van der Waals surface area contributed by atoms with Gasteiger partial charge in [0, 0.05) is 31.9 Å². The van der Waals surface area contributed by atoms with Gasteiger partial charge in [-0.15, -0.1) is 11.3 Å². The number of anilines is 1. The number of carbonyl (C=O) groups excluding carboxylic acids is 2. The molecule has 1 aromatic rings. The summed E-state index contributed by atoms with van der Waals surface area (Å²) >= 11 is 1.30. The summed E-state index contributed by atoms with van der Waals surface area (Å²) in [6.07, 6.45) is 3.08. The van der Waals surface area contributed by atoms with E-state index in [9.17, 15) is 9.59 Å². The van der Waals surface area contributed by atoms with Crippen LogP contribution in [-0.4, -0.2) is 35.7 Å². The van der Waals surface area contributed by atoms with E-state index < -0.39 is 5.91 Å². The minimum Gasteiger partial charge on any atom is -0.383 e. The minimum atomic E-state index is -0.434. The second kappa shape index (κ2) is 5.41. The molecule has 0 aliphatic heterocycles. The molecule has 6 heteroatoms. The van der Waals surface area contributed by atoms with Crippen LogP contribution in [0.15, 0.2) is 23.3 Å². The summed E-state index contributed by atoms with van der Waals surface area (Å²) < 4.78 is 0. The Labute approximate surface area is 97.8 Å². The first-order valence-corrected chi connectivity index (χ1v) is 5.48. The number of hydrogen-bond donors (Lipinski definition) is 1. The second-order valence-electron chi connectivity index (χ2n) is 3.35. The standard InChI is InChI=1S/C10H13N3O2S/c1-7(14)8(6-13(2)3)9(15)12-10-11-4-5-16-10/h4-6H,1-3H3,(H,11,12,15)/b8-6-. The van der Waals surface area contributed by atoms with E-state index in [1.54, 1.807) is 30.6 Å². The first-order valence-electron chi connectivity index (χ1n) is 4.60. The molecule has 0 aliphatic rings. The highest BCUT2D eigenvalue weighted by Crippen LogP contribution is 2.12. The number of amides is 1. The molecule has 0 aliphatic carbocycles. The van der Waals surface area contributed by atoms with Crippen molar-refractivity contribution in [3.8, 4) is 0 Å². The van der Waals surface area contributed by atoms with Crippen LogP contribution in [0.5, 0.6) is 0 Å². The lowest BCUT2D eigenvalue weighted by molar-refractivity contribution is -0.119. The SMILES string of the molecule is CC(=O)/C(=C/N(C)C)C(=O)Nc1nccs1. The normalized spacial score (nSPS) is 11.1. The van der Waals surface area contributed by atoms with E-state index in [0.717, 1.165) is 0 Å². The summed E-state index contributed by atoms with van der Waals surface area (Å²) in [5.41, 5.74) is 0.111. The van der Waals surface area contributed by atoms with E-state index in [1.165, 1.54) is 24.5 Å². The van der Waals surface area contributed by atoms with Crippen molar-refractivity contribution in [2.24, 2.45) is 0 Å². The summed E-state index contributed by atoms with van der Waals surface area (Å²) in [7, 11) is 3.50. The monoisotopic (exact) mass is 239 g/mol. The summed E-state index contributed by atoms with van der Waals surface area (Å²) in [5, 5.41) is 4.79. The molecule has 1 rings (SSSR count). The fourth-order valence-electron chi connectivity index (χ4n) is 1.02. The van der Waals surface area contributed by atoms with Crippen molar-refractivity contribution >= 4 is 28.2 Å². The summed E-state index contributed by atoms with van der Waals surface area (Å²) in [4.78, 5) is 28.6. The lowest BCUT2D eigenvalue weighted by Gasteiger charge is -2.08. The van der Waals surface area contributed by atoms with Gasteiger partial charge in [-0.25, -0.2) is 4.98 Å². The number of Topliss-reactive ketones (excluding diaryl/α,β-unsaturated/α-hetero) is 1. The highest BCUT2D eigenvalue weighted by atomic mass is 32.1. The number of nitrogens with one attached hydrogen (secondary N) is 1. The molecule has 86 valence electrons. The molecule has 0 unspecified atom stereocenters. The Morgan fingerprint density at radius 1 is 1.50 bits per heavy atom. The molecule has 0 spiro atoms. The third-order valence-corrected chi connectivity index (χ3v) is 2.35. The largest absolute Gasteiger partial charge is 0.383 e. The number of rotatable bonds is 4. The zero-order valence-electron chi connectivity index (χ0n) is 9.35. The van der Waals surface area contributed by atoms with Crippen LogP contribution in [-0.2, 0) is 9.59 Å². The predicted molar refractivity (Wildman–Crippen MR) is 63.2 cm³/mol. The first kappa shape index (κ1) is 12.4. The lowest BCUT2D eigenvalue weighted by atomic mass is 10.2. The minimum absolute atomic E-state index is 0.111. The molecule has 0 saturated heterocycles. The molecular formula is C10H13N3O2S. The number of nitrogens with zero attached hydrogens (tertiary/aromatic N) is 2. The van der Waals surface area contributed by atoms with Crippen molar-refractivity contribution in [2.75, 3.05) is 19.4 Å². The van der Waals surface area contributed by atoms with Crippen molar-refractivity contribution in [3.05, 3.63) is 23.3 Å². The van der Waals surface area contributed by atoms with E-state index in [0.29, 0.717) is 5.13 Å². The molecule has 1 amide bonds. The summed E-state index contributed by atoms with van der Waals surface area (Å²) in [6.45, 7) is 1.36. The Morgan fingerprint density at radius 3 is 2.62 bits per heavy atom. The predicted octanol–water partition coefficient (Wildman–Crippen LogP) is 1.12. The van der Waals surface area contributed by atoms with Crippen LogP contribution in [0.4, 0.5) is 5.13 Å². The zero-order valence-corrected chi connectivity index (χ0v) is 10.2. The van der Waals surface area contributed by atoms with Crippen LogP contribution in [0.1, 0.15) is 6.92 Å². The number of aromatic nitrogens is 1. The summed E-state index contributed by atoms with van der Waals surface area (Å²) in [5.74, 6) is -0.709. The average Bonchev–Trinajstić information content (AvgIpc) is 2.65. The van der Waals surface area contributed by atoms with Crippen LogP contribution < -0.4 is 5.32 Å². The van der Waals surface area contributed by atoms with Crippen molar-refractivity contribution in [3.63, 3.8) is 0 Å². The van der Waals surface area contributed by atoms with E-state index in [1.807, 2.05) is 0 Å². The van der Waals surface area contributed by atoms with Gasteiger partial charge in [-0.1, -0.05) is 0 Å². The van der Waals surface area contributed by atoms with Gasteiger partial charge in [0.1, 0.15) is 0 Å². The zero-order chi connectivity index (χ0) is 12.1. The third kappa shape index (κ3) is 3.47. The Balaban J connectivity index is 2.80. The van der Waals surface area contributed by atoms with Crippen LogP contribution in [0, 0.1) is 0 Å². The fourth-order valence-corrected chi connectivity index (χ4v) is 1.54. The fraction of sp³-hybridized carbons (Fsp3) is 0.300. The highest BCUT2D eigenvalue weighted by Gasteiger charge is 2.15. The van der Waals surface area contributed by atoms with Gasteiger partial charge in [-0.3, -0.25) is 14.9 Å². The van der Waals surface area contributed by atoms with Gasteiger partial charge in [-0.05, 0) is 6.92 Å². The molecule has 0 saturated carbocycles. The van der Waals surface area contributed by atoms with Crippen LogP contribution in [0.2, 0.25) is 0 Å². The number of ketones is 1.